The zero-order valence-electron chi connectivity index (χ0n) is 16.9. The van der Waals surface area contributed by atoms with Gasteiger partial charge in [0, 0.05) is 24.0 Å². The van der Waals surface area contributed by atoms with Gasteiger partial charge in [0.05, 0.1) is 18.3 Å². The summed E-state index contributed by atoms with van der Waals surface area (Å²) in [4.78, 5) is 43.7. The Bertz CT molecular complexity index is 1100. The van der Waals surface area contributed by atoms with Crippen LogP contribution in [0.1, 0.15) is 19.4 Å². The van der Waals surface area contributed by atoms with Crippen LogP contribution in [0.3, 0.4) is 0 Å². The Hall–Kier alpha value is -3.00. The van der Waals surface area contributed by atoms with Gasteiger partial charge in [-0.25, -0.2) is 4.98 Å². The maximum absolute atomic E-state index is 13.1. The third-order valence-electron chi connectivity index (χ3n) is 4.49. The lowest BCUT2D eigenvalue weighted by atomic mass is 10.1. The van der Waals surface area contributed by atoms with Crippen molar-refractivity contribution in [1.82, 2.24) is 19.8 Å². The fourth-order valence-electron chi connectivity index (χ4n) is 2.96. The van der Waals surface area contributed by atoms with Gasteiger partial charge in [-0.15, -0.1) is 11.3 Å². The van der Waals surface area contributed by atoms with Gasteiger partial charge < -0.3 is 10.2 Å². The molecule has 0 aliphatic rings. The van der Waals surface area contributed by atoms with Crippen LogP contribution in [0.25, 0.3) is 21.3 Å². The standard InChI is InChI=1S/C21H24N4O3S/c1-13(2)23-17(26)9-24(4)18(27)10-25-12-22-20-19(21(25)28)16(11-29-20)15-7-5-14(3)6-8-15/h5-8,11-13H,9-10H2,1-4H3,(H,23,26). The number of likely N-dealkylation sites (N-methyl/N-ethyl adjacent to an activating group) is 1. The molecular formula is C21H24N4O3S. The largest absolute Gasteiger partial charge is 0.352 e. The number of fused-ring (bicyclic) bond motifs is 1. The number of benzene rings is 1. The van der Waals surface area contributed by atoms with Crippen molar-refractivity contribution >= 4 is 33.4 Å². The second-order valence-electron chi connectivity index (χ2n) is 7.35. The Morgan fingerprint density at radius 2 is 1.93 bits per heavy atom. The van der Waals surface area contributed by atoms with Crippen molar-refractivity contribution in [2.75, 3.05) is 13.6 Å². The topological polar surface area (TPSA) is 84.3 Å². The molecule has 2 heterocycles. The summed E-state index contributed by atoms with van der Waals surface area (Å²) in [6, 6.07) is 7.93. The molecule has 0 atom stereocenters. The minimum Gasteiger partial charge on any atom is -0.352 e. The highest BCUT2D eigenvalue weighted by Gasteiger charge is 2.17. The van der Waals surface area contributed by atoms with Crippen LogP contribution in [-0.2, 0) is 16.1 Å². The molecule has 2 aromatic heterocycles. The minimum absolute atomic E-state index is 0.000912. The van der Waals surface area contributed by atoms with E-state index in [9.17, 15) is 14.4 Å². The molecule has 0 aliphatic carbocycles. The van der Waals surface area contributed by atoms with Gasteiger partial charge in [-0.3, -0.25) is 19.0 Å². The summed E-state index contributed by atoms with van der Waals surface area (Å²) >= 11 is 1.40. The summed E-state index contributed by atoms with van der Waals surface area (Å²) in [5, 5.41) is 5.17. The van der Waals surface area contributed by atoms with Crippen LogP contribution in [0.2, 0.25) is 0 Å². The molecular weight excluding hydrogens is 388 g/mol. The molecule has 0 spiro atoms. The van der Waals surface area contributed by atoms with Gasteiger partial charge in [0.2, 0.25) is 11.8 Å². The lowest BCUT2D eigenvalue weighted by Crippen LogP contribution is -2.42. The van der Waals surface area contributed by atoms with E-state index in [0.717, 1.165) is 16.7 Å². The Kier molecular flexibility index (Phi) is 6.12. The van der Waals surface area contributed by atoms with Crippen molar-refractivity contribution in [3.8, 4) is 11.1 Å². The molecule has 3 aromatic rings. The molecule has 152 valence electrons. The van der Waals surface area contributed by atoms with E-state index < -0.39 is 0 Å². The van der Waals surface area contributed by atoms with E-state index in [-0.39, 0.29) is 36.5 Å². The molecule has 29 heavy (non-hydrogen) atoms. The van der Waals surface area contributed by atoms with Crippen LogP contribution in [0, 0.1) is 6.92 Å². The van der Waals surface area contributed by atoms with E-state index in [1.54, 1.807) is 7.05 Å². The van der Waals surface area contributed by atoms with Crippen LogP contribution in [-0.4, -0.2) is 45.9 Å². The predicted octanol–water partition coefficient (Wildman–Crippen LogP) is 2.42. The molecule has 3 rings (SSSR count). The predicted molar refractivity (Wildman–Crippen MR) is 115 cm³/mol. The van der Waals surface area contributed by atoms with Gasteiger partial charge in [0.25, 0.3) is 5.56 Å². The highest BCUT2D eigenvalue weighted by Crippen LogP contribution is 2.30. The third-order valence-corrected chi connectivity index (χ3v) is 5.37. The first-order valence-electron chi connectivity index (χ1n) is 9.33. The number of aromatic nitrogens is 2. The van der Waals surface area contributed by atoms with E-state index in [4.69, 9.17) is 0 Å². The number of hydrogen-bond acceptors (Lipinski definition) is 5. The van der Waals surface area contributed by atoms with Crippen molar-refractivity contribution in [2.45, 2.75) is 33.4 Å². The molecule has 0 radical (unpaired) electrons. The summed E-state index contributed by atoms with van der Waals surface area (Å²) in [6.45, 7) is 5.48. The number of amides is 2. The number of rotatable bonds is 6. The summed E-state index contributed by atoms with van der Waals surface area (Å²) < 4.78 is 1.30. The van der Waals surface area contributed by atoms with Crippen molar-refractivity contribution in [3.05, 3.63) is 51.9 Å². The average molecular weight is 413 g/mol. The average Bonchev–Trinajstić information content (AvgIpc) is 3.08. The van der Waals surface area contributed by atoms with Gasteiger partial charge in [-0.05, 0) is 26.3 Å². The molecule has 8 heteroatoms. The highest BCUT2D eigenvalue weighted by molar-refractivity contribution is 7.17. The van der Waals surface area contributed by atoms with Crippen LogP contribution < -0.4 is 10.9 Å². The third kappa shape index (κ3) is 4.71. The Morgan fingerprint density at radius 1 is 1.24 bits per heavy atom. The Morgan fingerprint density at radius 3 is 2.59 bits per heavy atom. The summed E-state index contributed by atoms with van der Waals surface area (Å²) in [6.07, 6.45) is 1.39. The molecule has 0 saturated carbocycles. The Balaban J connectivity index is 1.85. The quantitative estimate of drug-likeness (QED) is 0.674. The van der Waals surface area contributed by atoms with Gasteiger partial charge in [-0.2, -0.15) is 0 Å². The normalized spacial score (nSPS) is 11.1. The maximum atomic E-state index is 13.1. The van der Waals surface area contributed by atoms with E-state index in [1.165, 1.54) is 27.1 Å². The summed E-state index contributed by atoms with van der Waals surface area (Å²) in [5.74, 6) is -0.574. The number of thiophene rings is 1. The molecule has 0 fully saturated rings. The van der Waals surface area contributed by atoms with Crippen molar-refractivity contribution in [1.29, 1.82) is 0 Å². The van der Waals surface area contributed by atoms with Crippen molar-refractivity contribution in [3.63, 3.8) is 0 Å². The second-order valence-corrected chi connectivity index (χ2v) is 8.20. The van der Waals surface area contributed by atoms with Gasteiger partial charge in [0.1, 0.15) is 11.4 Å². The van der Waals surface area contributed by atoms with Gasteiger partial charge >= 0.3 is 0 Å². The first-order chi connectivity index (χ1) is 13.8. The van der Waals surface area contributed by atoms with E-state index in [1.807, 2.05) is 50.4 Å². The molecule has 0 saturated heterocycles. The zero-order valence-corrected chi connectivity index (χ0v) is 17.7. The molecule has 1 aromatic carbocycles. The highest BCUT2D eigenvalue weighted by atomic mass is 32.1. The van der Waals surface area contributed by atoms with Crippen LogP contribution in [0.5, 0.6) is 0 Å². The maximum Gasteiger partial charge on any atom is 0.263 e. The number of carbonyl (C=O) groups excluding carboxylic acids is 2. The van der Waals surface area contributed by atoms with E-state index in [0.29, 0.717) is 10.2 Å². The molecule has 1 N–H and O–H groups in total. The number of nitrogens with one attached hydrogen (secondary N) is 1. The number of hydrogen-bond donors (Lipinski definition) is 1. The monoisotopic (exact) mass is 412 g/mol. The number of aryl methyl sites for hydroxylation is 1. The molecule has 2 amide bonds. The molecule has 0 aliphatic heterocycles. The second kappa shape index (κ2) is 8.57. The first kappa shape index (κ1) is 20.7. The van der Waals surface area contributed by atoms with E-state index in [2.05, 4.69) is 10.3 Å². The fourth-order valence-corrected chi connectivity index (χ4v) is 3.87. The van der Waals surface area contributed by atoms with E-state index >= 15 is 0 Å². The van der Waals surface area contributed by atoms with Crippen LogP contribution in [0.4, 0.5) is 0 Å². The lowest BCUT2D eigenvalue weighted by Gasteiger charge is -2.18. The van der Waals surface area contributed by atoms with Crippen LogP contribution in [0.15, 0.2) is 40.8 Å². The minimum atomic E-state index is -0.334. The Labute approximate surface area is 173 Å². The number of nitrogens with zero attached hydrogens (tertiary/aromatic N) is 3. The van der Waals surface area contributed by atoms with Crippen molar-refractivity contribution < 1.29 is 9.59 Å². The fraction of sp³-hybridized carbons (Fsp3) is 0.333. The molecule has 0 unspecified atom stereocenters. The summed E-state index contributed by atoms with van der Waals surface area (Å²) in [5.41, 5.74) is 2.63. The number of carbonyl (C=O) groups is 2. The summed E-state index contributed by atoms with van der Waals surface area (Å²) in [7, 11) is 1.54. The van der Waals surface area contributed by atoms with Crippen LogP contribution >= 0.6 is 11.3 Å². The lowest BCUT2D eigenvalue weighted by molar-refractivity contribution is -0.135. The molecule has 7 nitrogen and oxygen atoms in total. The SMILES string of the molecule is Cc1ccc(-c2csc3ncn(CC(=O)N(C)CC(=O)NC(C)C)c(=O)c23)cc1. The van der Waals surface area contributed by atoms with Crippen molar-refractivity contribution in [2.24, 2.45) is 0 Å². The van der Waals surface area contributed by atoms with Gasteiger partial charge in [0.15, 0.2) is 0 Å². The first-order valence-corrected chi connectivity index (χ1v) is 10.2. The van der Waals surface area contributed by atoms with Gasteiger partial charge in [-0.1, -0.05) is 29.8 Å². The smallest absolute Gasteiger partial charge is 0.263 e. The zero-order chi connectivity index (χ0) is 21.1. The molecule has 0 bridgehead atoms.